The topological polar surface area (TPSA) is 181 Å². The zero-order valence-corrected chi connectivity index (χ0v) is 43.2. The van der Waals surface area contributed by atoms with Crippen molar-refractivity contribution in [3.8, 4) is 11.5 Å². The molecule has 2 atom stereocenters. The Labute approximate surface area is 451 Å². The molecule has 9 rings (SSSR count). The van der Waals surface area contributed by atoms with Crippen LogP contribution in [0.4, 0.5) is 17.4 Å². The van der Waals surface area contributed by atoms with Crippen LogP contribution in [0.2, 0.25) is 5.02 Å². The largest absolute Gasteiger partial charge is 0.493 e. The Kier molecular flexibility index (Phi) is 18.5. The summed E-state index contributed by atoms with van der Waals surface area (Å²) < 4.78 is 17.5. The molecule has 13 nitrogen and oxygen atoms in total. The number of carbonyl (C=O) groups excluding carboxylic acids is 2. The molecular formula is C63H57ClN4O9. The molecular weight excluding hydrogens is 992 g/mol. The minimum Gasteiger partial charge on any atom is -0.493 e. The highest BCUT2D eigenvalue weighted by Gasteiger charge is 2.24. The number of hydrogen-bond donors (Lipinski definition) is 4. The van der Waals surface area contributed by atoms with E-state index in [2.05, 4.69) is 15.6 Å². The summed E-state index contributed by atoms with van der Waals surface area (Å²) in [6.45, 7) is 3.39. The smallest absolute Gasteiger partial charge is 0.326 e. The summed E-state index contributed by atoms with van der Waals surface area (Å²) in [5.41, 5.74) is 8.17. The molecule has 0 radical (unpaired) electrons. The zero-order chi connectivity index (χ0) is 54.1. The van der Waals surface area contributed by atoms with Crippen molar-refractivity contribution in [3.63, 3.8) is 0 Å². The molecule has 0 saturated carbocycles. The van der Waals surface area contributed by atoms with Crippen LogP contribution in [-0.4, -0.2) is 77.6 Å². The van der Waals surface area contributed by atoms with Crippen molar-refractivity contribution in [1.29, 1.82) is 0 Å². The van der Waals surface area contributed by atoms with Gasteiger partial charge in [0.1, 0.15) is 35.7 Å². The van der Waals surface area contributed by atoms with Gasteiger partial charge in [-0.3, -0.25) is 9.59 Å². The second-order valence-electron chi connectivity index (χ2n) is 18.2. The molecule has 4 N–H and O–H groups in total. The predicted molar refractivity (Wildman–Crippen MR) is 301 cm³/mol. The lowest BCUT2D eigenvalue weighted by Gasteiger charge is -2.19. The molecule has 0 aliphatic carbocycles. The van der Waals surface area contributed by atoms with E-state index in [1.165, 1.54) is 0 Å². The molecule has 0 spiro atoms. The van der Waals surface area contributed by atoms with Crippen LogP contribution >= 0.6 is 11.6 Å². The number of rotatable bonds is 23. The highest BCUT2D eigenvalue weighted by Crippen LogP contribution is 2.26. The van der Waals surface area contributed by atoms with Gasteiger partial charge < -0.3 is 39.6 Å². The highest BCUT2D eigenvalue weighted by atomic mass is 35.5. The maximum atomic E-state index is 13.3. The average molecular weight is 1050 g/mol. The van der Waals surface area contributed by atoms with Crippen LogP contribution in [0.5, 0.6) is 11.5 Å². The summed E-state index contributed by atoms with van der Waals surface area (Å²) in [6.07, 6.45) is 1.22. The van der Waals surface area contributed by atoms with Crippen LogP contribution < -0.4 is 25.0 Å². The number of ketones is 2. The third-order valence-electron chi connectivity index (χ3n) is 12.6. The SMILES string of the molecule is Cc1ccccc1C(=O)c1ccccc1NC(Cc1ccc(OCCN(C)c2nc3ccccc3o2)cc1)C(=O)O.O=C(c1ccccc1)c1ccccc1NC(Cc1ccc(OCCc2ccc(Cl)cc2)cc1)C(=O)O. The van der Waals surface area contributed by atoms with Gasteiger partial charge >= 0.3 is 11.9 Å². The monoisotopic (exact) mass is 1050 g/mol. The Hall–Kier alpha value is -9.20. The second kappa shape index (κ2) is 26.3. The number of aromatic nitrogens is 1. The highest BCUT2D eigenvalue weighted by molar-refractivity contribution is 6.30. The van der Waals surface area contributed by atoms with E-state index in [1.54, 1.807) is 78.9 Å². The quantitative estimate of drug-likeness (QED) is 0.0445. The first kappa shape index (κ1) is 54.1. The van der Waals surface area contributed by atoms with Crippen LogP contribution in [0, 0.1) is 6.92 Å². The predicted octanol–water partition coefficient (Wildman–Crippen LogP) is 12.3. The summed E-state index contributed by atoms with van der Waals surface area (Å²) >= 11 is 5.92. The van der Waals surface area contributed by atoms with Gasteiger partial charge in [-0.2, -0.15) is 4.98 Å². The van der Waals surface area contributed by atoms with Gasteiger partial charge in [0.05, 0.1) is 13.2 Å². The van der Waals surface area contributed by atoms with E-state index in [4.69, 9.17) is 25.5 Å². The van der Waals surface area contributed by atoms with Gasteiger partial charge in [0.2, 0.25) is 0 Å². The number of fused-ring (bicyclic) bond motifs is 1. The van der Waals surface area contributed by atoms with Crippen molar-refractivity contribution in [1.82, 2.24) is 4.98 Å². The second-order valence-corrected chi connectivity index (χ2v) is 18.6. The number of anilines is 3. The number of aryl methyl sites for hydroxylation is 1. The van der Waals surface area contributed by atoms with Gasteiger partial charge in [0.15, 0.2) is 17.1 Å². The molecule has 1 heterocycles. The van der Waals surface area contributed by atoms with Crippen molar-refractivity contribution in [2.45, 2.75) is 38.3 Å². The number of ether oxygens (including phenoxy) is 2. The van der Waals surface area contributed by atoms with Gasteiger partial charge in [-0.25, -0.2) is 9.59 Å². The number of carboxylic acid groups (broad SMARTS) is 2. The van der Waals surface area contributed by atoms with Gasteiger partial charge in [0.25, 0.3) is 6.01 Å². The van der Waals surface area contributed by atoms with Crippen molar-refractivity contribution in [2.24, 2.45) is 0 Å². The summed E-state index contributed by atoms with van der Waals surface area (Å²) in [5, 5.41) is 26.7. The minimum absolute atomic E-state index is 0.154. The Morgan fingerprint density at radius 2 is 1.04 bits per heavy atom. The molecule has 8 aromatic carbocycles. The molecule has 0 amide bonds. The summed E-state index contributed by atoms with van der Waals surface area (Å²) in [7, 11) is 1.89. The Balaban J connectivity index is 0.000000205. The minimum atomic E-state index is -1.01. The Morgan fingerprint density at radius 1 is 0.558 bits per heavy atom. The van der Waals surface area contributed by atoms with E-state index in [0.717, 1.165) is 39.8 Å². The molecule has 0 bridgehead atoms. The van der Waals surface area contributed by atoms with E-state index >= 15 is 0 Å². The molecule has 0 fully saturated rings. The van der Waals surface area contributed by atoms with Crippen molar-refractivity contribution in [3.05, 3.63) is 250 Å². The third-order valence-corrected chi connectivity index (χ3v) is 12.9. The maximum Gasteiger partial charge on any atom is 0.326 e. The number of aliphatic carboxylic acids is 2. The number of benzene rings is 8. The fraction of sp³-hybridized carbons (Fsp3) is 0.159. The van der Waals surface area contributed by atoms with E-state index in [1.807, 2.05) is 140 Å². The standard InChI is InChI=1S/C33H31N3O5.C30H26ClNO4/c1-22-9-3-4-10-25(22)31(37)26-11-5-6-12-27(26)34-29(32(38)39)21-23-15-17-24(18-16-23)40-20-19-36(2)33-35-28-13-7-8-14-30(28)41-33;31-24-14-10-21(11-15-24)18-19-36-25-16-12-22(13-17-25)20-28(30(34)35)32-27-9-5-4-8-26(27)29(33)23-6-2-1-3-7-23/h3-18,29,34H,19-21H2,1-2H3,(H,38,39);1-17,28,32H,18-20H2,(H,34,35). The van der Waals surface area contributed by atoms with Gasteiger partial charge in [-0.05, 0) is 102 Å². The van der Waals surface area contributed by atoms with Gasteiger partial charge in [-0.1, -0.05) is 139 Å². The van der Waals surface area contributed by atoms with Crippen molar-refractivity contribution < 1.29 is 43.3 Å². The number of para-hydroxylation sites is 4. The van der Waals surface area contributed by atoms with Crippen molar-refractivity contribution >= 4 is 63.6 Å². The van der Waals surface area contributed by atoms with Crippen LogP contribution in [0.25, 0.3) is 11.1 Å². The number of nitrogens with zero attached hydrogens (tertiary/aromatic N) is 2. The number of nitrogens with one attached hydrogen (secondary N) is 2. The number of likely N-dealkylation sites (N-methyl/N-ethyl adjacent to an activating group) is 1. The zero-order valence-electron chi connectivity index (χ0n) is 42.5. The number of carboxylic acids is 2. The summed E-state index contributed by atoms with van der Waals surface area (Å²) in [4.78, 5) is 56.9. The van der Waals surface area contributed by atoms with Crippen molar-refractivity contribution in [2.75, 3.05) is 42.3 Å². The first-order valence-corrected chi connectivity index (χ1v) is 25.4. The molecule has 9 aromatic rings. The lowest BCUT2D eigenvalue weighted by molar-refractivity contribution is -0.138. The van der Waals surface area contributed by atoms with Gasteiger partial charge in [0, 0.05) is 65.0 Å². The Bertz CT molecular complexity index is 3390. The number of oxazole rings is 1. The van der Waals surface area contributed by atoms with E-state index in [9.17, 15) is 29.4 Å². The third kappa shape index (κ3) is 15.0. The van der Waals surface area contributed by atoms with E-state index in [-0.39, 0.29) is 24.4 Å². The van der Waals surface area contributed by atoms with Crippen LogP contribution in [0.15, 0.2) is 205 Å². The normalized spacial score (nSPS) is 11.6. The molecule has 0 aliphatic heterocycles. The molecule has 0 saturated heterocycles. The maximum absolute atomic E-state index is 13.3. The molecule has 390 valence electrons. The Morgan fingerprint density at radius 3 is 1.60 bits per heavy atom. The lowest BCUT2D eigenvalue weighted by atomic mass is 9.97. The van der Waals surface area contributed by atoms with Crippen LogP contribution in [0.1, 0.15) is 54.1 Å². The molecule has 2 unspecified atom stereocenters. The lowest BCUT2D eigenvalue weighted by Crippen LogP contribution is -2.32. The number of hydrogen-bond acceptors (Lipinski definition) is 11. The summed E-state index contributed by atoms with van der Waals surface area (Å²) in [5.74, 6) is -0.937. The summed E-state index contributed by atoms with van der Waals surface area (Å²) in [6, 6.07) is 58.9. The fourth-order valence-corrected chi connectivity index (χ4v) is 8.51. The van der Waals surface area contributed by atoms with Crippen LogP contribution in [-0.2, 0) is 28.9 Å². The first-order valence-electron chi connectivity index (χ1n) is 25.0. The van der Waals surface area contributed by atoms with E-state index < -0.39 is 24.0 Å². The number of carbonyl (C=O) groups is 4. The number of halogens is 1. The first-order chi connectivity index (χ1) is 37.4. The fourth-order valence-electron chi connectivity index (χ4n) is 8.38. The van der Waals surface area contributed by atoms with Gasteiger partial charge in [-0.15, -0.1) is 0 Å². The molecule has 0 aliphatic rings. The molecule has 1 aromatic heterocycles. The van der Waals surface area contributed by atoms with E-state index in [0.29, 0.717) is 75.9 Å². The molecule has 77 heavy (non-hydrogen) atoms. The molecule has 14 heteroatoms. The van der Waals surface area contributed by atoms with Crippen LogP contribution in [0.3, 0.4) is 0 Å². The average Bonchev–Trinajstić information content (AvgIpc) is 3.90.